The van der Waals surface area contributed by atoms with Crippen LogP contribution in [-0.4, -0.2) is 42.5 Å². The Morgan fingerprint density at radius 2 is 1.04 bits per heavy atom. The number of rotatable bonds is 8. The molecule has 10 nitrogen and oxygen atoms in total. The van der Waals surface area contributed by atoms with E-state index in [1.807, 2.05) is 0 Å². The summed E-state index contributed by atoms with van der Waals surface area (Å²) >= 11 is 0. The Kier molecular flexibility index (Phi) is 10.7. The zero-order chi connectivity index (χ0) is 40.0. The molecule has 0 saturated heterocycles. The zero-order valence-electron chi connectivity index (χ0n) is 27.0. The molecule has 6 rings (SSSR count). The molecule has 0 aliphatic heterocycles. The molecule has 2 aliphatic carbocycles. The van der Waals surface area contributed by atoms with Gasteiger partial charge in [0.25, 0.3) is 11.8 Å². The lowest BCUT2D eigenvalue weighted by Crippen LogP contribution is -2.22. The summed E-state index contributed by atoms with van der Waals surface area (Å²) in [4.78, 5) is -1.07. The number of nitrogens with one attached hydrogen (secondary N) is 2. The highest BCUT2D eigenvalue weighted by molar-refractivity contribution is 7.92. The van der Waals surface area contributed by atoms with Crippen LogP contribution in [0, 0.1) is 43.9 Å². The van der Waals surface area contributed by atoms with Crippen molar-refractivity contribution in [2.75, 3.05) is 12.0 Å². The SMILES string of the molecule is N#Cc1cc(F)cc(Oc2ccc(S(=N)(=O)CF)c3c2CC(F)(F)[C@H]3O)c1.N#Cc1cc(F)cc(Oc2ccc(S(=N)(=O)CF)c3c2CC(F)(F)[C@H]3O)c1. The fourth-order valence-electron chi connectivity index (χ4n) is 5.81. The van der Waals surface area contributed by atoms with Crippen molar-refractivity contribution in [3.05, 3.63) is 106 Å². The number of nitriles is 2. The van der Waals surface area contributed by atoms with E-state index in [0.29, 0.717) is 0 Å². The molecule has 0 fully saturated rings. The van der Waals surface area contributed by atoms with E-state index in [1.165, 1.54) is 12.1 Å². The van der Waals surface area contributed by atoms with Crippen molar-refractivity contribution in [3.8, 4) is 35.1 Å². The molecule has 0 amide bonds. The van der Waals surface area contributed by atoms with Gasteiger partial charge in [0, 0.05) is 47.2 Å². The van der Waals surface area contributed by atoms with Gasteiger partial charge in [0.15, 0.2) is 12.0 Å². The predicted molar refractivity (Wildman–Crippen MR) is 173 cm³/mol. The molecule has 2 aliphatic rings. The summed E-state index contributed by atoms with van der Waals surface area (Å²) in [5.74, 6) is -9.54. The molecule has 0 heterocycles. The van der Waals surface area contributed by atoms with Gasteiger partial charge in [0.05, 0.1) is 33.1 Å². The predicted octanol–water partition coefficient (Wildman–Crippen LogP) is 8.09. The fraction of sp³-hybridized carbons (Fsp3) is 0.235. The van der Waals surface area contributed by atoms with Gasteiger partial charge >= 0.3 is 0 Å². The molecule has 54 heavy (non-hydrogen) atoms. The van der Waals surface area contributed by atoms with Crippen LogP contribution in [0.2, 0.25) is 0 Å². The maximum absolute atomic E-state index is 14.0. The minimum atomic E-state index is -4.03. The first-order valence-electron chi connectivity index (χ1n) is 15.0. The highest BCUT2D eigenvalue weighted by atomic mass is 32.2. The lowest BCUT2D eigenvalue weighted by molar-refractivity contribution is -0.0978. The van der Waals surface area contributed by atoms with Crippen molar-refractivity contribution >= 4 is 19.5 Å². The van der Waals surface area contributed by atoms with Crippen molar-refractivity contribution in [1.29, 1.82) is 20.1 Å². The molecular weight excluding hydrogens is 777 g/mol. The lowest BCUT2D eigenvalue weighted by Gasteiger charge is -2.17. The first-order chi connectivity index (χ1) is 25.2. The van der Waals surface area contributed by atoms with Crippen LogP contribution in [0.25, 0.3) is 0 Å². The van der Waals surface area contributed by atoms with Gasteiger partial charge in [-0.1, -0.05) is 0 Å². The third kappa shape index (κ3) is 7.69. The molecule has 284 valence electrons. The standard InChI is InChI=1S/2C17H12F4N2O3S/c2*18-8-27(23,25)14-2-1-13(12-6-17(20,21)16(24)15(12)14)26-11-4-9(7-22)3-10(19)5-11/h2*1-5,16,23-24H,6,8H2/t2*16-,27?/m00/s1. The molecule has 0 aromatic heterocycles. The number of aliphatic hydroxyl groups is 2. The summed E-state index contributed by atoms with van der Waals surface area (Å²) in [5.41, 5.74) is -1.66. The first kappa shape index (κ1) is 39.9. The van der Waals surface area contributed by atoms with Crippen molar-refractivity contribution in [2.24, 2.45) is 0 Å². The van der Waals surface area contributed by atoms with E-state index in [-0.39, 0.29) is 45.3 Å². The molecule has 4 atom stereocenters. The van der Waals surface area contributed by atoms with Crippen molar-refractivity contribution in [2.45, 2.75) is 46.7 Å². The van der Waals surface area contributed by atoms with Crippen LogP contribution in [0.5, 0.6) is 23.0 Å². The van der Waals surface area contributed by atoms with Crippen LogP contribution < -0.4 is 9.47 Å². The molecule has 0 radical (unpaired) electrons. The smallest absolute Gasteiger partial charge is 0.281 e. The number of aliphatic hydroxyl groups excluding tert-OH is 2. The largest absolute Gasteiger partial charge is 0.457 e. The number of alkyl halides is 6. The first-order valence-corrected chi connectivity index (χ1v) is 18.5. The molecule has 4 N–H and O–H groups in total. The van der Waals surface area contributed by atoms with E-state index in [9.17, 15) is 53.8 Å². The Hall–Kier alpha value is -5.28. The van der Waals surface area contributed by atoms with Crippen LogP contribution in [0.4, 0.5) is 35.1 Å². The van der Waals surface area contributed by atoms with Crippen LogP contribution in [0.3, 0.4) is 0 Å². The topological polar surface area (TPSA) is 188 Å². The zero-order valence-corrected chi connectivity index (χ0v) is 28.7. The van der Waals surface area contributed by atoms with Crippen LogP contribution in [-0.2, 0) is 32.3 Å². The van der Waals surface area contributed by atoms with E-state index in [2.05, 4.69) is 0 Å². The average Bonchev–Trinajstić information content (AvgIpc) is 3.50. The molecule has 0 bridgehead atoms. The number of hydrogen-bond donors (Lipinski definition) is 4. The number of halogens is 8. The second-order valence-corrected chi connectivity index (χ2v) is 16.0. The summed E-state index contributed by atoms with van der Waals surface area (Å²) in [6.07, 6.45) is -6.75. The Bertz CT molecular complexity index is 2300. The number of ether oxygens (including phenoxy) is 2. The molecule has 4 aromatic carbocycles. The van der Waals surface area contributed by atoms with Crippen molar-refractivity contribution in [1.82, 2.24) is 0 Å². The van der Waals surface area contributed by atoms with Gasteiger partial charge in [-0.05, 0) is 48.5 Å². The second-order valence-electron chi connectivity index (χ2n) is 11.9. The Labute approximate surface area is 301 Å². The number of fused-ring (bicyclic) bond motifs is 2. The normalized spacial score (nSPS) is 19.8. The molecule has 20 heteroatoms. The average molecular weight is 801 g/mol. The Morgan fingerprint density at radius 3 is 1.35 bits per heavy atom. The summed E-state index contributed by atoms with van der Waals surface area (Å²) in [6, 6.07) is 10.5. The van der Waals surface area contributed by atoms with E-state index in [4.69, 9.17) is 29.6 Å². The van der Waals surface area contributed by atoms with Gasteiger partial charge in [0.2, 0.25) is 0 Å². The van der Waals surface area contributed by atoms with E-state index < -0.39 is 101 Å². The molecular formula is C34H24F8N4O6S2. The minimum Gasteiger partial charge on any atom is -0.457 e. The third-order valence-electron chi connectivity index (χ3n) is 8.19. The molecule has 0 saturated carbocycles. The van der Waals surface area contributed by atoms with Gasteiger partial charge in [-0.2, -0.15) is 10.5 Å². The summed E-state index contributed by atoms with van der Waals surface area (Å²) in [5, 5.41) is 37.6. The van der Waals surface area contributed by atoms with Crippen LogP contribution in [0.1, 0.15) is 45.6 Å². The highest BCUT2D eigenvalue weighted by Gasteiger charge is 2.51. The van der Waals surface area contributed by atoms with Crippen LogP contribution in [0.15, 0.2) is 70.5 Å². The van der Waals surface area contributed by atoms with Gasteiger partial charge in [-0.3, -0.25) is 0 Å². The van der Waals surface area contributed by atoms with E-state index in [1.54, 1.807) is 12.1 Å². The lowest BCUT2D eigenvalue weighted by atomic mass is 10.1. The van der Waals surface area contributed by atoms with Gasteiger partial charge in [0.1, 0.15) is 66.3 Å². The van der Waals surface area contributed by atoms with E-state index in [0.717, 1.165) is 48.5 Å². The maximum atomic E-state index is 14.0. The minimum absolute atomic E-state index is 0.0600. The molecule has 2 unspecified atom stereocenters. The van der Waals surface area contributed by atoms with Gasteiger partial charge in [-0.15, -0.1) is 0 Å². The summed E-state index contributed by atoms with van der Waals surface area (Å²) < 4.78 is 159. The fourth-order valence-corrected chi connectivity index (χ4v) is 7.80. The van der Waals surface area contributed by atoms with Gasteiger partial charge in [-0.25, -0.2) is 53.1 Å². The van der Waals surface area contributed by atoms with Crippen molar-refractivity contribution < 1.29 is 63.2 Å². The summed E-state index contributed by atoms with van der Waals surface area (Å²) in [6.45, 7) is 0. The Morgan fingerprint density at radius 1 is 0.685 bits per heavy atom. The summed E-state index contributed by atoms with van der Waals surface area (Å²) in [7, 11) is -8.06. The second kappa shape index (κ2) is 14.5. The van der Waals surface area contributed by atoms with Crippen LogP contribution >= 0.6 is 0 Å². The molecule has 4 aromatic rings. The quantitative estimate of drug-likeness (QED) is 0.129. The number of nitrogens with zero attached hydrogens (tertiary/aromatic N) is 2. The maximum Gasteiger partial charge on any atom is 0.281 e. The molecule has 0 spiro atoms. The number of benzene rings is 4. The highest BCUT2D eigenvalue weighted by Crippen LogP contribution is 2.51. The monoisotopic (exact) mass is 800 g/mol. The number of hydrogen-bond acceptors (Lipinski definition) is 10. The third-order valence-corrected chi connectivity index (χ3v) is 10.9. The van der Waals surface area contributed by atoms with Gasteiger partial charge < -0.3 is 19.7 Å². The Balaban J connectivity index is 0.000000208. The van der Waals surface area contributed by atoms with Crippen molar-refractivity contribution in [3.63, 3.8) is 0 Å². The van der Waals surface area contributed by atoms with E-state index >= 15 is 0 Å².